The van der Waals surface area contributed by atoms with E-state index in [0.29, 0.717) is 15.8 Å². The molecule has 0 radical (unpaired) electrons. The van der Waals surface area contributed by atoms with Crippen molar-refractivity contribution in [3.05, 3.63) is 58.1 Å². The first kappa shape index (κ1) is 18.3. The molecule has 2 aromatic carbocycles. The van der Waals surface area contributed by atoms with E-state index in [0.717, 1.165) is 11.3 Å². The SMILES string of the molecule is CC(C)NC(=O)COc1ccc(C=Nc2ccc(Cl)c(Cl)c2)cc1. The summed E-state index contributed by atoms with van der Waals surface area (Å²) in [5, 5.41) is 3.73. The average molecular weight is 365 g/mol. The Morgan fingerprint density at radius 3 is 2.50 bits per heavy atom. The Kier molecular flexibility index (Phi) is 6.64. The Labute approximate surface area is 151 Å². The Hall–Kier alpha value is -2.04. The molecule has 0 aliphatic rings. The number of nitrogens with zero attached hydrogens (tertiary/aromatic N) is 1. The van der Waals surface area contributed by atoms with Crippen molar-refractivity contribution < 1.29 is 9.53 Å². The molecule has 2 rings (SSSR count). The molecule has 0 aliphatic carbocycles. The van der Waals surface area contributed by atoms with Crippen molar-refractivity contribution >= 4 is 41.0 Å². The number of benzene rings is 2. The number of halogens is 2. The molecule has 0 atom stereocenters. The zero-order chi connectivity index (χ0) is 17.5. The van der Waals surface area contributed by atoms with E-state index in [-0.39, 0.29) is 18.6 Å². The van der Waals surface area contributed by atoms with Gasteiger partial charge in [-0.3, -0.25) is 9.79 Å². The number of aliphatic imine (C=N–C) groups is 1. The fourth-order valence-corrected chi connectivity index (χ4v) is 2.17. The van der Waals surface area contributed by atoms with Crippen LogP contribution in [0.2, 0.25) is 10.0 Å². The van der Waals surface area contributed by atoms with Gasteiger partial charge in [-0.05, 0) is 61.9 Å². The summed E-state index contributed by atoms with van der Waals surface area (Å²) < 4.78 is 5.43. The first-order valence-electron chi connectivity index (χ1n) is 7.45. The van der Waals surface area contributed by atoms with Crippen LogP contribution in [0.5, 0.6) is 5.75 Å². The molecule has 126 valence electrons. The topological polar surface area (TPSA) is 50.7 Å². The minimum absolute atomic E-state index is 0.00507. The van der Waals surface area contributed by atoms with Crippen LogP contribution in [0.1, 0.15) is 19.4 Å². The summed E-state index contributed by atoms with van der Waals surface area (Å²) in [6.45, 7) is 3.80. The zero-order valence-electron chi connectivity index (χ0n) is 13.4. The quantitative estimate of drug-likeness (QED) is 0.758. The lowest BCUT2D eigenvalue weighted by Gasteiger charge is -2.09. The summed E-state index contributed by atoms with van der Waals surface area (Å²) in [5.41, 5.74) is 1.62. The summed E-state index contributed by atoms with van der Waals surface area (Å²) in [5.74, 6) is 0.482. The first-order valence-corrected chi connectivity index (χ1v) is 8.21. The highest BCUT2D eigenvalue weighted by Crippen LogP contribution is 2.26. The molecule has 0 saturated carbocycles. The third-order valence-corrected chi connectivity index (χ3v) is 3.70. The molecule has 1 amide bonds. The molecule has 0 bridgehead atoms. The van der Waals surface area contributed by atoms with Crippen LogP contribution in [0.25, 0.3) is 0 Å². The molecular formula is C18H18Cl2N2O2. The van der Waals surface area contributed by atoms with Gasteiger partial charge in [0, 0.05) is 12.3 Å². The monoisotopic (exact) mass is 364 g/mol. The highest BCUT2D eigenvalue weighted by molar-refractivity contribution is 6.42. The summed E-state index contributed by atoms with van der Waals surface area (Å²) >= 11 is 11.8. The van der Waals surface area contributed by atoms with Gasteiger partial charge in [0.1, 0.15) is 5.75 Å². The summed E-state index contributed by atoms with van der Waals surface area (Å²) in [6.07, 6.45) is 1.72. The van der Waals surface area contributed by atoms with Crippen LogP contribution in [0.4, 0.5) is 5.69 Å². The summed E-state index contributed by atoms with van der Waals surface area (Å²) in [6, 6.07) is 12.6. The molecule has 0 fully saturated rings. The third-order valence-electron chi connectivity index (χ3n) is 2.97. The lowest BCUT2D eigenvalue weighted by molar-refractivity contribution is -0.123. The minimum atomic E-state index is -0.143. The maximum absolute atomic E-state index is 11.5. The van der Waals surface area contributed by atoms with Crippen LogP contribution >= 0.6 is 23.2 Å². The summed E-state index contributed by atoms with van der Waals surface area (Å²) in [7, 11) is 0. The van der Waals surface area contributed by atoms with Gasteiger partial charge in [0.05, 0.1) is 15.7 Å². The molecular weight excluding hydrogens is 347 g/mol. The third kappa shape index (κ3) is 5.87. The van der Waals surface area contributed by atoms with E-state index in [1.54, 1.807) is 36.5 Å². The normalized spacial score (nSPS) is 11.0. The molecule has 0 aromatic heterocycles. The lowest BCUT2D eigenvalue weighted by Crippen LogP contribution is -2.34. The Balaban J connectivity index is 1.93. The number of carbonyl (C=O) groups excluding carboxylic acids is 1. The molecule has 24 heavy (non-hydrogen) atoms. The van der Waals surface area contributed by atoms with Gasteiger partial charge in [0.15, 0.2) is 6.61 Å². The second-order valence-electron chi connectivity index (χ2n) is 5.44. The van der Waals surface area contributed by atoms with Gasteiger partial charge in [-0.25, -0.2) is 0 Å². The highest BCUT2D eigenvalue weighted by atomic mass is 35.5. The van der Waals surface area contributed by atoms with Crippen LogP contribution in [0.3, 0.4) is 0 Å². The van der Waals surface area contributed by atoms with E-state index in [9.17, 15) is 4.79 Å². The van der Waals surface area contributed by atoms with Gasteiger partial charge in [0.2, 0.25) is 0 Å². The Morgan fingerprint density at radius 1 is 1.17 bits per heavy atom. The van der Waals surface area contributed by atoms with E-state index >= 15 is 0 Å². The Morgan fingerprint density at radius 2 is 1.88 bits per heavy atom. The molecule has 6 heteroatoms. The standard InChI is InChI=1S/C18H18Cl2N2O2/c1-12(2)22-18(23)11-24-15-6-3-13(4-7-15)10-21-14-5-8-16(19)17(20)9-14/h3-10,12H,11H2,1-2H3,(H,22,23). The van der Waals surface area contributed by atoms with Gasteiger partial charge in [-0.1, -0.05) is 23.2 Å². The fourth-order valence-electron chi connectivity index (χ4n) is 1.88. The van der Waals surface area contributed by atoms with E-state index in [1.807, 2.05) is 26.0 Å². The molecule has 0 unspecified atom stereocenters. The first-order chi connectivity index (χ1) is 11.4. The van der Waals surface area contributed by atoms with Crippen LogP contribution in [0.15, 0.2) is 47.5 Å². The van der Waals surface area contributed by atoms with Gasteiger partial charge >= 0.3 is 0 Å². The zero-order valence-corrected chi connectivity index (χ0v) is 14.9. The van der Waals surface area contributed by atoms with Crippen LogP contribution in [-0.4, -0.2) is 24.8 Å². The van der Waals surface area contributed by atoms with Crippen LogP contribution < -0.4 is 10.1 Å². The number of hydrogen-bond acceptors (Lipinski definition) is 3. The second kappa shape index (κ2) is 8.71. The predicted molar refractivity (Wildman–Crippen MR) is 98.9 cm³/mol. The predicted octanol–water partition coefficient (Wildman–Crippen LogP) is 4.65. The molecule has 0 saturated heterocycles. The molecule has 0 spiro atoms. The van der Waals surface area contributed by atoms with Crippen molar-refractivity contribution in [2.75, 3.05) is 6.61 Å². The maximum atomic E-state index is 11.5. The second-order valence-corrected chi connectivity index (χ2v) is 6.25. The number of rotatable bonds is 6. The van der Waals surface area contributed by atoms with Crippen molar-refractivity contribution in [1.82, 2.24) is 5.32 Å². The van der Waals surface area contributed by atoms with E-state index in [4.69, 9.17) is 27.9 Å². The van der Waals surface area contributed by atoms with Crippen LogP contribution in [0, 0.1) is 0 Å². The number of hydrogen-bond donors (Lipinski definition) is 1. The van der Waals surface area contributed by atoms with Crippen molar-refractivity contribution in [3.8, 4) is 5.75 Å². The van der Waals surface area contributed by atoms with Crippen LogP contribution in [-0.2, 0) is 4.79 Å². The molecule has 0 heterocycles. The molecule has 4 nitrogen and oxygen atoms in total. The number of carbonyl (C=O) groups is 1. The number of amides is 1. The largest absolute Gasteiger partial charge is 0.484 e. The smallest absolute Gasteiger partial charge is 0.258 e. The van der Waals surface area contributed by atoms with E-state index in [1.165, 1.54) is 0 Å². The maximum Gasteiger partial charge on any atom is 0.258 e. The van der Waals surface area contributed by atoms with Crippen molar-refractivity contribution in [2.45, 2.75) is 19.9 Å². The Bertz CT molecular complexity index is 728. The van der Waals surface area contributed by atoms with Gasteiger partial charge in [-0.2, -0.15) is 0 Å². The van der Waals surface area contributed by atoms with Gasteiger partial charge in [-0.15, -0.1) is 0 Å². The van der Waals surface area contributed by atoms with Gasteiger partial charge in [0.25, 0.3) is 5.91 Å². The van der Waals surface area contributed by atoms with Gasteiger partial charge < -0.3 is 10.1 Å². The van der Waals surface area contributed by atoms with Crippen molar-refractivity contribution in [2.24, 2.45) is 4.99 Å². The minimum Gasteiger partial charge on any atom is -0.484 e. The van der Waals surface area contributed by atoms with Crippen molar-refractivity contribution in [3.63, 3.8) is 0 Å². The average Bonchev–Trinajstić information content (AvgIpc) is 2.54. The number of nitrogens with one attached hydrogen (secondary N) is 1. The fraction of sp³-hybridized carbons (Fsp3) is 0.222. The molecule has 0 aliphatic heterocycles. The van der Waals surface area contributed by atoms with E-state index < -0.39 is 0 Å². The molecule has 2 aromatic rings. The van der Waals surface area contributed by atoms with Crippen molar-refractivity contribution in [1.29, 1.82) is 0 Å². The number of ether oxygens (including phenoxy) is 1. The lowest BCUT2D eigenvalue weighted by atomic mass is 10.2. The summed E-state index contributed by atoms with van der Waals surface area (Å²) in [4.78, 5) is 15.9. The van der Waals surface area contributed by atoms with E-state index in [2.05, 4.69) is 10.3 Å². The molecule has 1 N–H and O–H groups in total. The highest BCUT2D eigenvalue weighted by Gasteiger charge is 2.04.